The highest BCUT2D eigenvalue weighted by molar-refractivity contribution is 6.32. The van der Waals surface area contributed by atoms with Crippen LogP contribution in [0.2, 0.25) is 0 Å². The zero-order valence-corrected chi connectivity index (χ0v) is 14.2. The monoisotopic (exact) mass is 376 g/mol. The van der Waals surface area contributed by atoms with E-state index in [1.54, 1.807) is 30.3 Å². The molecule has 0 amide bonds. The quantitative estimate of drug-likeness (QED) is 0.283. The third-order valence-electron chi connectivity index (χ3n) is 4.52. The van der Waals surface area contributed by atoms with Crippen molar-refractivity contribution in [3.05, 3.63) is 87.0 Å². The Morgan fingerprint density at radius 3 is 2.21 bits per heavy atom. The van der Waals surface area contributed by atoms with E-state index in [4.69, 9.17) is 0 Å². The molecular formula is C20H12N2O6. The molecule has 0 heterocycles. The van der Waals surface area contributed by atoms with Gasteiger partial charge in [0.1, 0.15) is 5.56 Å². The Morgan fingerprint density at radius 2 is 1.54 bits per heavy atom. The van der Waals surface area contributed by atoms with Crippen LogP contribution in [0.25, 0.3) is 0 Å². The minimum atomic E-state index is -0.792. The van der Waals surface area contributed by atoms with Gasteiger partial charge in [-0.2, -0.15) is 0 Å². The van der Waals surface area contributed by atoms with Crippen molar-refractivity contribution in [1.82, 2.24) is 0 Å². The molecule has 28 heavy (non-hydrogen) atoms. The molecule has 0 atom stereocenters. The first-order valence-electron chi connectivity index (χ1n) is 8.18. The normalized spacial score (nSPS) is 12.3. The van der Waals surface area contributed by atoms with Crippen molar-refractivity contribution in [1.29, 1.82) is 0 Å². The van der Waals surface area contributed by atoms with Gasteiger partial charge in [-0.25, -0.2) is 0 Å². The van der Waals surface area contributed by atoms with Crippen molar-refractivity contribution >= 4 is 28.6 Å². The number of rotatable bonds is 3. The van der Waals surface area contributed by atoms with Crippen molar-refractivity contribution in [2.75, 3.05) is 5.32 Å². The number of para-hydroxylation sites is 1. The second-order valence-corrected chi connectivity index (χ2v) is 6.14. The first-order chi connectivity index (χ1) is 13.4. The van der Waals surface area contributed by atoms with Gasteiger partial charge in [0.05, 0.1) is 21.7 Å². The number of nitrogens with zero attached hydrogens (tertiary/aromatic N) is 1. The van der Waals surface area contributed by atoms with Crippen LogP contribution in [0.5, 0.6) is 11.5 Å². The maximum absolute atomic E-state index is 13.1. The van der Waals surface area contributed by atoms with E-state index < -0.39 is 33.7 Å². The number of benzene rings is 3. The molecule has 0 unspecified atom stereocenters. The molecule has 0 saturated carbocycles. The van der Waals surface area contributed by atoms with E-state index in [9.17, 15) is 29.9 Å². The summed E-state index contributed by atoms with van der Waals surface area (Å²) in [7, 11) is 0. The SMILES string of the molecule is O=C1c2c(ccc(O)c2O)C(=O)c2c([N+](=O)[O-])ccc(Nc3ccccc3)c21. The number of nitrogens with one attached hydrogen (secondary N) is 1. The fourth-order valence-electron chi connectivity index (χ4n) is 3.25. The maximum atomic E-state index is 13.1. The molecule has 1 aliphatic carbocycles. The van der Waals surface area contributed by atoms with Crippen LogP contribution in [0.3, 0.4) is 0 Å². The maximum Gasteiger partial charge on any atom is 0.281 e. The minimum Gasteiger partial charge on any atom is -0.504 e. The van der Waals surface area contributed by atoms with Crippen LogP contribution in [-0.2, 0) is 0 Å². The lowest BCUT2D eigenvalue weighted by molar-refractivity contribution is -0.385. The molecule has 8 heteroatoms. The van der Waals surface area contributed by atoms with Gasteiger partial charge in [0, 0.05) is 17.3 Å². The summed E-state index contributed by atoms with van der Waals surface area (Å²) >= 11 is 0. The Morgan fingerprint density at radius 1 is 0.821 bits per heavy atom. The summed E-state index contributed by atoms with van der Waals surface area (Å²) in [6, 6.07) is 13.5. The second kappa shape index (κ2) is 6.20. The number of nitro benzene ring substituents is 1. The Labute approximate surface area is 157 Å². The Balaban J connectivity index is 2.00. The molecule has 138 valence electrons. The molecule has 1 aliphatic rings. The lowest BCUT2D eigenvalue weighted by Gasteiger charge is -2.21. The number of carbonyl (C=O) groups excluding carboxylic acids is 2. The fourth-order valence-corrected chi connectivity index (χ4v) is 3.25. The number of ketones is 2. The van der Waals surface area contributed by atoms with Gasteiger partial charge in [-0.1, -0.05) is 18.2 Å². The van der Waals surface area contributed by atoms with Crippen molar-refractivity contribution in [3.8, 4) is 11.5 Å². The van der Waals surface area contributed by atoms with Gasteiger partial charge in [-0.15, -0.1) is 0 Å². The molecule has 0 radical (unpaired) electrons. The van der Waals surface area contributed by atoms with Crippen LogP contribution in [0.4, 0.5) is 17.1 Å². The van der Waals surface area contributed by atoms with Gasteiger partial charge < -0.3 is 15.5 Å². The number of phenols is 2. The second-order valence-electron chi connectivity index (χ2n) is 6.14. The molecule has 0 fully saturated rings. The van der Waals surface area contributed by atoms with Gasteiger partial charge in [-0.3, -0.25) is 19.7 Å². The zero-order valence-electron chi connectivity index (χ0n) is 14.2. The molecule has 4 rings (SSSR count). The number of anilines is 2. The molecule has 0 saturated heterocycles. The number of fused-ring (bicyclic) bond motifs is 2. The average molecular weight is 376 g/mol. The summed E-state index contributed by atoms with van der Waals surface area (Å²) in [5, 5.41) is 34.3. The lowest BCUT2D eigenvalue weighted by Crippen LogP contribution is -2.23. The molecule has 8 nitrogen and oxygen atoms in total. The van der Waals surface area contributed by atoms with Crippen molar-refractivity contribution in [2.45, 2.75) is 0 Å². The average Bonchev–Trinajstić information content (AvgIpc) is 2.68. The van der Waals surface area contributed by atoms with Crippen LogP contribution in [0.1, 0.15) is 31.8 Å². The number of nitro groups is 1. The summed E-state index contributed by atoms with van der Waals surface area (Å²) in [5.41, 5.74) is -0.889. The number of carbonyl (C=O) groups is 2. The molecule has 3 N–H and O–H groups in total. The smallest absolute Gasteiger partial charge is 0.281 e. The largest absolute Gasteiger partial charge is 0.504 e. The van der Waals surface area contributed by atoms with Crippen molar-refractivity contribution in [3.63, 3.8) is 0 Å². The Bertz CT molecular complexity index is 1170. The Hall–Kier alpha value is -4.20. The highest BCUT2D eigenvalue weighted by Gasteiger charge is 2.39. The lowest BCUT2D eigenvalue weighted by atomic mass is 9.81. The Kier molecular flexibility index (Phi) is 3.82. The van der Waals surface area contributed by atoms with Crippen LogP contribution >= 0.6 is 0 Å². The van der Waals surface area contributed by atoms with Gasteiger partial charge in [0.2, 0.25) is 11.6 Å². The molecular weight excluding hydrogens is 364 g/mol. The van der Waals surface area contributed by atoms with Crippen LogP contribution in [-0.4, -0.2) is 26.7 Å². The minimum absolute atomic E-state index is 0.179. The molecule has 0 aliphatic heterocycles. The first kappa shape index (κ1) is 17.2. The number of hydrogen-bond acceptors (Lipinski definition) is 7. The molecule has 0 bridgehead atoms. The number of aromatic hydroxyl groups is 2. The van der Waals surface area contributed by atoms with E-state index in [-0.39, 0.29) is 27.9 Å². The zero-order chi connectivity index (χ0) is 20.0. The highest BCUT2D eigenvalue weighted by atomic mass is 16.6. The van der Waals surface area contributed by atoms with Crippen LogP contribution in [0.15, 0.2) is 54.6 Å². The first-order valence-corrected chi connectivity index (χ1v) is 8.18. The van der Waals surface area contributed by atoms with Crippen LogP contribution < -0.4 is 5.32 Å². The third kappa shape index (κ3) is 2.47. The molecule has 3 aromatic carbocycles. The van der Waals surface area contributed by atoms with E-state index in [1.165, 1.54) is 6.07 Å². The van der Waals surface area contributed by atoms with E-state index in [1.807, 2.05) is 0 Å². The molecule has 0 spiro atoms. The molecule has 0 aromatic heterocycles. The predicted octanol–water partition coefficient (Wildman–Crippen LogP) is 3.53. The summed E-state index contributed by atoms with van der Waals surface area (Å²) in [5.74, 6) is -2.87. The van der Waals surface area contributed by atoms with E-state index in [2.05, 4.69) is 5.32 Å². The summed E-state index contributed by atoms with van der Waals surface area (Å²) < 4.78 is 0. The summed E-state index contributed by atoms with van der Waals surface area (Å²) in [6.07, 6.45) is 0. The van der Waals surface area contributed by atoms with E-state index in [0.29, 0.717) is 5.69 Å². The molecule has 3 aromatic rings. The van der Waals surface area contributed by atoms with Crippen molar-refractivity contribution < 1.29 is 24.7 Å². The predicted molar refractivity (Wildman–Crippen MR) is 99.5 cm³/mol. The summed E-state index contributed by atoms with van der Waals surface area (Å²) in [4.78, 5) is 36.8. The van der Waals surface area contributed by atoms with Gasteiger partial charge >= 0.3 is 0 Å². The number of hydrogen-bond donors (Lipinski definition) is 3. The number of phenolic OH excluding ortho intramolecular Hbond substituents is 2. The summed E-state index contributed by atoms with van der Waals surface area (Å²) in [6.45, 7) is 0. The van der Waals surface area contributed by atoms with Gasteiger partial charge in [0.25, 0.3) is 5.69 Å². The van der Waals surface area contributed by atoms with Crippen molar-refractivity contribution in [2.24, 2.45) is 0 Å². The van der Waals surface area contributed by atoms with Crippen LogP contribution in [0, 0.1) is 10.1 Å². The van der Waals surface area contributed by atoms with Gasteiger partial charge in [0.15, 0.2) is 11.5 Å². The van der Waals surface area contributed by atoms with Gasteiger partial charge in [-0.05, 0) is 30.3 Å². The fraction of sp³-hybridized carbons (Fsp3) is 0. The highest BCUT2D eigenvalue weighted by Crippen LogP contribution is 2.43. The van der Waals surface area contributed by atoms with E-state index >= 15 is 0 Å². The third-order valence-corrected chi connectivity index (χ3v) is 4.52. The standard InChI is InChI=1S/C20H12N2O6/c23-14-9-6-11-15(19(14)25)20(26)16-12(21-10-4-2-1-3-5-10)7-8-13(22(27)28)17(16)18(11)24/h1-9,21,23,25H. The topological polar surface area (TPSA) is 130 Å². The van der Waals surface area contributed by atoms with E-state index in [0.717, 1.165) is 18.2 Å².